The highest BCUT2D eigenvalue weighted by atomic mass is 16.2. The van der Waals surface area contributed by atoms with Gasteiger partial charge in [-0.15, -0.1) is 0 Å². The molecule has 2 aliphatic rings. The average Bonchev–Trinajstić information content (AvgIpc) is 2.21. The maximum absolute atomic E-state index is 12.4. The zero-order chi connectivity index (χ0) is 13.5. The van der Waals surface area contributed by atoms with E-state index < -0.39 is 5.54 Å². The summed E-state index contributed by atoms with van der Waals surface area (Å²) in [6, 6.07) is 0.238. The minimum absolute atomic E-state index is 0.0366. The topological polar surface area (TPSA) is 49.4 Å². The van der Waals surface area contributed by atoms with Crippen molar-refractivity contribution in [3.63, 3.8) is 0 Å². The molecule has 102 valence electrons. The second kappa shape index (κ2) is 4.56. The highest BCUT2D eigenvalue weighted by Gasteiger charge is 2.43. The highest BCUT2D eigenvalue weighted by Crippen LogP contribution is 2.33. The van der Waals surface area contributed by atoms with E-state index in [9.17, 15) is 9.59 Å². The van der Waals surface area contributed by atoms with E-state index in [0.717, 1.165) is 12.8 Å². The first kappa shape index (κ1) is 13.4. The maximum Gasteiger partial charge on any atom is 0.248 e. The molecule has 0 spiro atoms. The molecule has 2 unspecified atom stereocenters. The lowest BCUT2D eigenvalue weighted by Gasteiger charge is -2.45. The molecule has 0 radical (unpaired) electrons. The average molecular weight is 252 g/mol. The van der Waals surface area contributed by atoms with Crippen molar-refractivity contribution in [1.82, 2.24) is 10.2 Å². The molecule has 4 nitrogen and oxygen atoms in total. The smallest absolute Gasteiger partial charge is 0.248 e. The van der Waals surface area contributed by atoms with Gasteiger partial charge in [-0.1, -0.05) is 13.8 Å². The van der Waals surface area contributed by atoms with Crippen LogP contribution in [-0.4, -0.2) is 34.8 Å². The number of rotatable bonds is 1. The predicted molar refractivity (Wildman–Crippen MR) is 69.9 cm³/mol. The van der Waals surface area contributed by atoms with E-state index in [0.29, 0.717) is 11.8 Å². The molecule has 4 heteroatoms. The highest BCUT2D eigenvalue weighted by molar-refractivity contribution is 5.97. The van der Waals surface area contributed by atoms with Crippen LogP contribution in [0.25, 0.3) is 0 Å². The number of hydrogen-bond donors (Lipinski definition) is 1. The van der Waals surface area contributed by atoms with Crippen LogP contribution >= 0.6 is 0 Å². The number of carbonyl (C=O) groups excluding carboxylic acids is 2. The largest absolute Gasteiger partial charge is 0.341 e. The minimum Gasteiger partial charge on any atom is -0.341 e. The Morgan fingerprint density at radius 1 is 1.11 bits per heavy atom. The zero-order valence-corrected chi connectivity index (χ0v) is 11.8. The molecular weight excluding hydrogens is 228 g/mol. The van der Waals surface area contributed by atoms with Crippen molar-refractivity contribution >= 4 is 11.8 Å². The van der Waals surface area contributed by atoms with Gasteiger partial charge in [0.1, 0.15) is 5.54 Å². The van der Waals surface area contributed by atoms with E-state index in [4.69, 9.17) is 0 Å². The summed E-state index contributed by atoms with van der Waals surface area (Å²) >= 11 is 0. The molecule has 2 rings (SSSR count). The molecule has 2 fully saturated rings. The Kier molecular flexibility index (Phi) is 3.39. The van der Waals surface area contributed by atoms with Crippen LogP contribution in [0.1, 0.15) is 47.0 Å². The molecular formula is C14H24N2O2. The van der Waals surface area contributed by atoms with Gasteiger partial charge in [0.05, 0.1) is 6.54 Å². The Hall–Kier alpha value is -1.06. The molecule has 2 amide bonds. The second-order valence-corrected chi connectivity index (χ2v) is 6.68. The van der Waals surface area contributed by atoms with E-state index in [-0.39, 0.29) is 24.4 Å². The van der Waals surface area contributed by atoms with Gasteiger partial charge in [-0.2, -0.15) is 0 Å². The summed E-state index contributed by atoms with van der Waals surface area (Å²) in [6.07, 6.45) is 3.28. The summed E-state index contributed by atoms with van der Waals surface area (Å²) in [7, 11) is 0. The molecule has 18 heavy (non-hydrogen) atoms. The van der Waals surface area contributed by atoms with Crippen molar-refractivity contribution in [1.29, 1.82) is 0 Å². The van der Waals surface area contributed by atoms with Gasteiger partial charge in [0.25, 0.3) is 0 Å². The zero-order valence-electron chi connectivity index (χ0n) is 11.8. The molecule has 0 aromatic heterocycles. The third kappa shape index (κ3) is 2.52. The van der Waals surface area contributed by atoms with Gasteiger partial charge in [-0.3, -0.25) is 9.59 Å². The van der Waals surface area contributed by atoms with Crippen LogP contribution in [0.15, 0.2) is 0 Å². The monoisotopic (exact) mass is 252 g/mol. The van der Waals surface area contributed by atoms with Gasteiger partial charge < -0.3 is 10.2 Å². The number of carbonyl (C=O) groups is 2. The number of piperazine rings is 1. The van der Waals surface area contributed by atoms with Gasteiger partial charge in [-0.25, -0.2) is 0 Å². The Bertz CT molecular complexity index is 355. The van der Waals surface area contributed by atoms with Crippen molar-refractivity contribution < 1.29 is 9.59 Å². The van der Waals surface area contributed by atoms with Gasteiger partial charge in [-0.05, 0) is 44.9 Å². The minimum atomic E-state index is -0.751. The van der Waals surface area contributed by atoms with Crippen LogP contribution in [0.4, 0.5) is 0 Å². The normalized spacial score (nSPS) is 36.4. The van der Waals surface area contributed by atoms with Crippen molar-refractivity contribution in [3.05, 3.63) is 0 Å². The lowest BCUT2D eigenvalue weighted by molar-refractivity contribution is -0.152. The summed E-state index contributed by atoms with van der Waals surface area (Å²) < 4.78 is 0. The summed E-state index contributed by atoms with van der Waals surface area (Å²) in [4.78, 5) is 26.0. The van der Waals surface area contributed by atoms with Gasteiger partial charge in [0.15, 0.2) is 0 Å². The standard InChI is InChI=1S/C14H24N2O2/c1-9-5-10(2)7-11(6-9)16-8-12(17)15-14(3,4)13(16)18/h9-11H,5-8H2,1-4H3,(H,15,17). The number of nitrogens with one attached hydrogen (secondary N) is 1. The van der Waals surface area contributed by atoms with Crippen molar-refractivity contribution in [3.8, 4) is 0 Å². The number of nitrogens with zero attached hydrogens (tertiary/aromatic N) is 1. The van der Waals surface area contributed by atoms with Crippen LogP contribution in [-0.2, 0) is 9.59 Å². The molecule has 1 heterocycles. The van der Waals surface area contributed by atoms with Crippen LogP contribution in [0.2, 0.25) is 0 Å². The first-order chi connectivity index (χ1) is 8.29. The second-order valence-electron chi connectivity index (χ2n) is 6.68. The van der Waals surface area contributed by atoms with E-state index >= 15 is 0 Å². The quantitative estimate of drug-likeness (QED) is 0.769. The number of hydrogen-bond acceptors (Lipinski definition) is 2. The first-order valence-corrected chi connectivity index (χ1v) is 6.91. The molecule has 1 aliphatic carbocycles. The van der Waals surface area contributed by atoms with E-state index in [1.54, 1.807) is 13.8 Å². The molecule has 1 saturated carbocycles. The maximum atomic E-state index is 12.4. The van der Waals surface area contributed by atoms with Crippen LogP contribution in [0.3, 0.4) is 0 Å². The summed E-state index contributed by atoms with van der Waals surface area (Å²) in [5.74, 6) is 1.30. The van der Waals surface area contributed by atoms with Crippen LogP contribution in [0.5, 0.6) is 0 Å². The lowest BCUT2D eigenvalue weighted by Crippen LogP contribution is -2.66. The number of amides is 2. The molecule has 1 N–H and O–H groups in total. The molecule has 0 aromatic carbocycles. The van der Waals surface area contributed by atoms with Crippen molar-refractivity contribution in [2.24, 2.45) is 11.8 Å². The lowest BCUT2D eigenvalue weighted by atomic mass is 9.79. The third-order valence-electron chi connectivity index (χ3n) is 4.16. The fourth-order valence-electron chi connectivity index (χ4n) is 3.48. The van der Waals surface area contributed by atoms with E-state index in [1.165, 1.54) is 6.42 Å². The van der Waals surface area contributed by atoms with Gasteiger partial charge >= 0.3 is 0 Å². The summed E-state index contributed by atoms with van der Waals surface area (Å²) in [5, 5.41) is 2.77. The SMILES string of the molecule is CC1CC(C)CC(N2CC(=O)NC(C)(C)C2=O)C1. The Balaban J connectivity index is 2.16. The fourth-order valence-corrected chi connectivity index (χ4v) is 3.48. The Morgan fingerprint density at radius 3 is 2.22 bits per heavy atom. The molecule has 0 bridgehead atoms. The van der Waals surface area contributed by atoms with Crippen molar-refractivity contribution in [2.75, 3.05) is 6.54 Å². The molecule has 0 aromatic rings. The van der Waals surface area contributed by atoms with E-state index in [2.05, 4.69) is 19.2 Å². The van der Waals surface area contributed by atoms with Gasteiger partial charge in [0, 0.05) is 6.04 Å². The van der Waals surface area contributed by atoms with E-state index in [1.807, 2.05) is 4.90 Å². The van der Waals surface area contributed by atoms with Crippen molar-refractivity contribution in [2.45, 2.75) is 58.5 Å². The van der Waals surface area contributed by atoms with Gasteiger partial charge in [0.2, 0.25) is 11.8 Å². The Morgan fingerprint density at radius 2 is 1.67 bits per heavy atom. The third-order valence-corrected chi connectivity index (χ3v) is 4.16. The first-order valence-electron chi connectivity index (χ1n) is 6.91. The summed E-state index contributed by atoms with van der Waals surface area (Å²) in [5.41, 5.74) is -0.751. The molecule has 2 atom stereocenters. The summed E-state index contributed by atoms with van der Waals surface area (Å²) in [6.45, 7) is 8.28. The predicted octanol–water partition coefficient (Wildman–Crippen LogP) is 1.55. The Labute approximate surface area is 109 Å². The molecule has 1 aliphatic heterocycles. The fraction of sp³-hybridized carbons (Fsp3) is 0.857. The van der Waals surface area contributed by atoms with Crippen LogP contribution < -0.4 is 5.32 Å². The molecule has 1 saturated heterocycles. The van der Waals surface area contributed by atoms with Crippen LogP contribution in [0, 0.1) is 11.8 Å².